The number of carbonyl (C=O) groups is 1. The van der Waals surface area contributed by atoms with Gasteiger partial charge in [-0.2, -0.15) is 0 Å². The molecule has 1 aromatic rings. The Labute approximate surface area is 145 Å². The molecule has 1 aliphatic heterocycles. The molecule has 0 aromatic heterocycles. The average molecular weight is 334 g/mol. The number of fused-ring (bicyclic) bond motifs is 1. The van der Waals surface area contributed by atoms with Crippen LogP contribution in [-0.4, -0.2) is 48.7 Å². The molecule has 0 saturated heterocycles. The lowest BCUT2D eigenvalue weighted by Crippen LogP contribution is -2.43. The highest BCUT2D eigenvalue weighted by Gasteiger charge is 2.28. The van der Waals surface area contributed by atoms with Gasteiger partial charge in [-0.1, -0.05) is 19.9 Å². The molecule has 1 unspecified atom stereocenters. The standard InChI is InChI=1S/C19H30N2O3/c1-6-20(7-2)12-17-10-15-9-14(4)21(19(22)24-8-3)13-16(15)11-18(17)23-5/h10-11,14H,6-9,12-13H2,1-5H3. The molecule has 5 heteroatoms. The van der Waals surface area contributed by atoms with Crippen LogP contribution in [0.3, 0.4) is 0 Å². The summed E-state index contributed by atoms with van der Waals surface area (Å²) in [5.74, 6) is 0.902. The number of hydrogen-bond acceptors (Lipinski definition) is 4. The number of rotatable bonds is 6. The number of nitrogens with zero attached hydrogens (tertiary/aromatic N) is 2. The maximum Gasteiger partial charge on any atom is 0.410 e. The fourth-order valence-electron chi connectivity index (χ4n) is 3.28. The van der Waals surface area contributed by atoms with Gasteiger partial charge >= 0.3 is 6.09 Å². The third-order valence-corrected chi connectivity index (χ3v) is 4.78. The first-order valence-corrected chi connectivity index (χ1v) is 8.88. The van der Waals surface area contributed by atoms with Gasteiger partial charge in [-0.3, -0.25) is 4.90 Å². The van der Waals surface area contributed by atoms with Crippen molar-refractivity contribution < 1.29 is 14.3 Å². The van der Waals surface area contributed by atoms with Crippen molar-refractivity contribution in [3.63, 3.8) is 0 Å². The molecular weight excluding hydrogens is 304 g/mol. The van der Waals surface area contributed by atoms with E-state index in [0.29, 0.717) is 13.2 Å². The molecule has 1 atom stereocenters. The lowest BCUT2D eigenvalue weighted by Gasteiger charge is -2.34. The molecule has 24 heavy (non-hydrogen) atoms. The third kappa shape index (κ3) is 4.01. The SMILES string of the molecule is CCOC(=O)N1Cc2cc(OC)c(CN(CC)CC)cc2CC1C. The molecule has 5 nitrogen and oxygen atoms in total. The van der Waals surface area contributed by atoms with Crippen LogP contribution in [0.1, 0.15) is 44.4 Å². The predicted octanol–water partition coefficient (Wildman–Crippen LogP) is 3.44. The van der Waals surface area contributed by atoms with Crippen LogP contribution in [0.15, 0.2) is 12.1 Å². The molecule has 0 saturated carbocycles. The van der Waals surface area contributed by atoms with Gasteiger partial charge in [0.25, 0.3) is 0 Å². The van der Waals surface area contributed by atoms with Crippen molar-refractivity contribution in [2.45, 2.75) is 53.2 Å². The summed E-state index contributed by atoms with van der Waals surface area (Å²) in [6, 6.07) is 4.49. The number of carbonyl (C=O) groups excluding carboxylic acids is 1. The Morgan fingerprint density at radius 3 is 2.54 bits per heavy atom. The summed E-state index contributed by atoms with van der Waals surface area (Å²) in [6.45, 7) is 12.2. The topological polar surface area (TPSA) is 42.0 Å². The predicted molar refractivity (Wildman–Crippen MR) is 95.4 cm³/mol. The number of ether oxygens (including phenoxy) is 2. The van der Waals surface area contributed by atoms with Gasteiger partial charge in [-0.05, 0) is 50.6 Å². The van der Waals surface area contributed by atoms with Crippen LogP contribution in [0.4, 0.5) is 4.79 Å². The molecule has 1 aliphatic rings. The van der Waals surface area contributed by atoms with E-state index in [4.69, 9.17) is 9.47 Å². The number of hydrogen-bond donors (Lipinski definition) is 0. The first kappa shape index (κ1) is 18.6. The highest BCUT2D eigenvalue weighted by Crippen LogP contribution is 2.31. The van der Waals surface area contributed by atoms with Crippen molar-refractivity contribution in [2.75, 3.05) is 26.8 Å². The second kappa shape index (κ2) is 8.38. The Morgan fingerprint density at radius 2 is 1.96 bits per heavy atom. The maximum atomic E-state index is 12.1. The minimum absolute atomic E-state index is 0.145. The van der Waals surface area contributed by atoms with E-state index in [1.165, 1.54) is 11.1 Å². The van der Waals surface area contributed by atoms with Gasteiger partial charge in [0.15, 0.2) is 0 Å². The second-order valence-electron chi connectivity index (χ2n) is 6.27. The molecule has 0 radical (unpaired) electrons. The van der Waals surface area contributed by atoms with Gasteiger partial charge in [0, 0.05) is 24.7 Å². The molecule has 134 valence electrons. The summed E-state index contributed by atoms with van der Waals surface area (Å²) >= 11 is 0. The van der Waals surface area contributed by atoms with E-state index in [1.54, 1.807) is 12.0 Å². The summed E-state index contributed by atoms with van der Waals surface area (Å²) in [5, 5.41) is 0. The molecule has 1 amide bonds. The Hall–Kier alpha value is -1.75. The molecule has 0 fully saturated rings. The minimum atomic E-state index is -0.234. The molecule has 2 rings (SSSR count). The van der Waals surface area contributed by atoms with Gasteiger partial charge in [0.2, 0.25) is 0 Å². The molecular formula is C19H30N2O3. The first-order chi connectivity index (χ1) is 11.5. The first-order valence-electron chi connectivity index (χ1n) is 8.88. The van der Waals surface area contributed by atoms with Crippen LogP contribution in [0.5, 0.6) is 5.75 Å². The van der Waals surface area contributed by atoms with Crippen molar-refractivity contribution in [3.05, 3.63) is 28.8 Å². The Balaban J connectivity index is 2.28. The molecule has 0 N–H and O–H groups in total. The smallest absolute Gasteiger partial charge is 0.410 e. The summed E-state index contributed by atoms with van der Waals surface area (Å²) in [4.78, 5) is 16.3. The average Bonchev–Trinajstić information content (AvgIpc) is 2.58. The van der Waals surface area contributed by atoms with Gasteiger partial charge < -0.3 is 14.4 Å². The summed E-state index contributed by atoms with van der Waals surface area (Å²) < 4.78 is 10.8. The monoisotopic (exact) mass is 334 g/mol. The Morgan fingerprint density at radius 1 is 1.25 bits per heavy atom. The zero-order valence-electron chi connectivity index (χ0n) is 15.6. The minimum Gasteiger partial charge on any atom is -0.496 e. The molecule has 0 spiro atoms. The summed E-state index contributed by atoms with van der Waals surface area (Å²) in [7, 11) is 1.71. The van der Waals surface area contributed by atoms with E-state index in [1.807, 2.05) is 6.92 Å². The van der Waals surface area contributed by atoms with E-state index < -0.39 is 0 Å². The lowest BCUT2D eigenvalue weighted by molar-refractivity contribution is 0.0861. The van der Waals surface area contributed by atoms with Gasteiger partial charge in [-0.15, -0.1) is 0 Å². The van der Waals surface area contributed by atoms with E-state index in [9.17, 15) is 4.79 Å². The van der Waals surface area contributed by atoms with Crippen molar-refractivity contribution in [2.24, 2.45) is 0 Å². The van der Waals surface area contributed by atoms with Crippen molar-refractivity contribution >= 4 is 6.09 Å². The fourth-order valence-corrected chi connectivity index (χ4v) is 3.28. The highest BCUT2D eigenvalue weighted by molar-refractivity contribution is 5.68. The summed E-state index contributed by atoms with van der Waals surface area (Å²) in [6.07, 6.45) is 0.616. The molecule has 1 aromatic carbocycles. The van der Waals surface area contributed by atoms with Crippen molar-refractivity contribution in [3.8, 4) is 5.75 Å². The van der Waals surface area contributed by atoms with E-state index in [0.717, 1.165) is 37.4 Å². The van der Waals surface area contributed by atoms with Crippen LogP contribution < -0.4 is 4.74 Å². The summed E-state index contributed by atoms with van der Waals surface area (Å²) in [5.41, 5.74) is 3.68. The number of methoxy groups -OCH3 is 1. The van der Waals surface area contributed by atoms with E-state index in [-0.39, 0.29) is 12.1 Å². The Kier molecular flexibility index (Phi) is 6.49. The van der Waals surface area contributed by atoms with Crippen molar-refractivity contribution in [1.82, 2.24) is 9.80 Å². The third-order valence-electron chi connectivity index (χ3n) is 4.78. The van der Waals surface area contributed by atoms with Crippen LogP contribution in [0.25, 0.3) is 0 Å². The maximum absolute atomic E-state index is 12.1. The van der Waals surface area contributed by atoms with Gasteiger partial charge in [-0.25, -0.2) is 4.79 Å². The van der Waals surface area contributed by atoms with E-state index in [2.05, 4.69) is 37.8 Å². The Bertz CT molecular complexity index is 570. The quantitative estimate of drug-likeness (QED) is 0.799. The lowest BCUT2D eigenvalue weighted by atomic mass is 9.92. The molecule has 1 heterocycles. The second-order valence-corrected chi connectivity index (χ2v) is 6.27. The zero-order valence-corrected chi connectivity index (χ0v) is 15.6. The normalized spacial score (nSPS) is 16.9. The van der Waals surface area contributed by atoms with Crippen LogP contribution in [0, 0.1) is 0 Å². The van der Waals surface area contributed by atoms with Gasteiger partial charge in [0.1, 0.15) is 5.75 Å². The molecule has 0 aliphatic carbocycles. The van der Waals surface area contributed by atoms with Crippen LogP contribution in [0.2, 0.25) is 0 Å². The fraction of sp³-hybridized carbons (Fsp3) is 0.632. The van der Waals surface area contributed by atoms with E-state index >= 15 is 0 Å². The van der Waals surface area contributed by atoms with Crippen LogP contribution >= 0.6 is 0 Å². The van der Waals surface area contributed by atoms with Crippen LogP contribution in [-0.2, 0) is 24.2 Å². The number of amides is 1. The van der Waals surface area contributed by atoms with Crippen molar-refractivity contribution in [1.29, 1.82) is 0 Å². The number of benzene rings is 1. The largest absolute Gasteiger partial charge is 0.496 e. The highest BCUT2D eigenvalue weighted by atomic mass is 16.6. The zero-order chi connectivity index (χ0) is 17.7. The molecule has 0 bridgehead atoms. The van der Waals surface area contributed by atoms with Gasteiger partial charge in [0.05, 0.1) is 13.7 Å².